The zero-order chi connectivity index (χ0) is 14.4. The predicted molar refractivity (Wildman–Crippen MR) is 73.4 cm³/mol. The van der Waals surface area contributed by atoms with Crippen LogP contribution < -0.4 is 10.6 Å². The lowest BCUT2D eigenvalue weighted by Crippen LogP contribution is -2.37. The van der Waals surface area contributed by atoms with Crippen molar-refractivity contribution in [3.63, 3.8) is 0 Å². The Labute approximate surface area is 111 Å². The molecule has 2 N–H and O–H groups in total. The first kappa shape index (κ1) is 14.7. The Balaban J connectivity index is 2.48. The van der Waals surface area contributed by atoms with Gasteiger partial charge in [0.25, 0.3) is 5.69 Å². The summed E-state index contributed by atoms with van der Waals surface area (Å²) in [5.41, 5.74) is 1.37. The van der Waals surface area contributed by atoms with Gasteiger partial charge in [0, 0.05) is 44.5 Å². The molecule has 0 unspecified atom stereocenters. The van der Waals surface area contributed by atoms with Crippen molar-refractivity contribution in [2.75, 3.05) is 32.5 Å². The number of aryl methyl sites for hydroxylation is 1. The maximum absolute atomic E-state index is 11.2. The van der Waals surface area contributed by atoms with Crippen LogP contribution in [0.1, 0.15) is 5.56 Å². The maximum Gasteiger partial charge on any atom is 0.316 e. The zero-order valence-electron chi connectivity index (χ0n) is 11.3. The van der Waals surface area contributed by atoms with Crippen LogP contribution in [-0.2, 0) is 0 Å². The van der Waals surface area contributed by atoms with Crippen molar-refractivity contribution >= 4 is 17.4 Å². The molecule has 19 heavy (non-hydrogen) atoms. The fourth-order valence-electron chi connectivity index (χ4n) is 1.45. The number of benzene rings is 1. The third-order valence-corrected chi connectivity index (χ3v) is 2.54. The van der Waals surface area contributed by atoms with E-state index in [1.54, 1.807) is 33.2 Å². The highest BCUT2D eigenvalue weighted by atomic mass is 16.6. The van der Waals surface area contributed by atoms with Crippen molar-refractivity contribution in [2.24, 2.45) is 0 Å². The number of carbonyl (C=O) groups excluding carboxylic acids is 1. The molecule has 7 heteroatoms. The molecular formula is C12H18N4O3. The molecule has 0 aliphatic carbocycles. The normalized spacial score (nSPS) is 9.84. The number of carbonyl (C=O) groups is 1. The molecule has 0 saturated carbocycles. The van der Waals surface area contributed by atoms with Gasteiger partial charge in [-0.1, -0.05) is 6.07 Å². The van der Waals surface area contributed by atoms with Crippen LogP contribution in [0.4, 0.5) is 16.2 Å². The van der Waals surface area contributed by atoms with Crippen LogP contribution in [0.3, 0.4) is 0 Å². The van der Waals surface area contributed by atoms with E-state index in [1.165, 1.54) is 11.0 Å². The predicted octanol–water partition coefficient (Wildman–Crippen LogP) is 1.59. The first-order valence-corrected chi connectivity index (χ1v) is 5.86. The summed E-state index contributed by atoms with van der Waals surface area (Å²) in [4.78, 5) is 23.1. The summed E-state index contributed by atoms with van der Waals surface area (Å²) >= 11 is 0. The Morgan fingerprint density at radius 1 is 1.37 bits per heavy atom. The summed E-state index contributed by atoms with van der Waals surface area (Å²) in [6, 6.07) is 4.79. The topological polar surface area (TPSA) is 87.5 Å². The number of nitrogens with one attached hydrogen (secondary N) is 2. The Morgan fingerprint density at radius 3 is 2.63 bits per heavy atom. The highest BCUT2D eigenvalue weighted by Crippen LogP contribution is 2.21. The van der Waals surface area contributed by atoms with E-state index < -0.39 is 4.92 Å². The summed E-state index contributed by atoms with van der Waals surface area (Å²) < 4.78 is 0. The monoisotopic (exact) mass is 266 g/mol. The van der Waals surface area contributed by atoms with Crippen LogP contribution in [-0.4, -0.2) is 43.0 Å². The van der Waals surface area contributed by atoms with Gasteiger partial charge >= 0.3 is 6.03 Å². The number of hydrogen-bond donors (Lipinski definition) is 2. The number of hydrogen-bond acceptors (Lipinski definition) is 4. The minimum absolute atomic E-state index is 0.0855. The molecule has 1 rings (SSSR count). The average Bonchev–Trinajstić information content (AvgIpc) is 2.35. The Morgan fingerprint density at radius 2 is 2.05 bits per heavy atom. The Hall–Kier alpha value is -2.31. The second kappa shape index (κ2) is 6.58. The van der Waals surface area contributed by atoms with Crippen LogP contribution >= 0.6 is 0 Å². The quantitative estimate of drug-likeness (QED) is 0.481. The SMILES string of the molecule is Cc1ccc(NCCNC(=O)N(C)C)cc1[N+](=O)[O-]. The van der Waals surface area contributed by atoms with E-state index in [4.69, 9.17) is 0 Å². The van der Waals surface area contributed by atoms with E-state index in [0.29, 0.717) is 24.3 Å². The van der Waals surface area contributed by atoms with Gasteiger partial charge in [-0.15, -0.1) is 0 Å². The molecule has 1 aromatic rings. The maximum atomic E-state index is 11.2. The number of anilines is 1. The fraction of sp³-hybridized carbons (Fsp3) is 0.417. The van der Waals surface area contributed by atoms with E-state index in [1.807, 2.05) is 0 Å². The van der Waals surface area contributed by atoms with E-state index in [-0.39, 0.29) is 11.7 Å². The third-order valence-electron chi connectivity index (χ3n) is 2.54. The van der Waals surface area contributed by atoms with Crippen LogP contribution in [0, 0.1) is 17.0 Å². The molecule has 1 aromatic carbocycles. The van der Waals surface area contributed by atoms with Gasteiger partial charge in [0.15, 0.2) is 0 Å². The van der Waals surface area contributed by atoms with Gasteiger partial charge in [0.1, 0.15) is 0 Å². The molecule has 0 spiro atoms. The van der Waals surface area contributed by atoms with Crippen molar-refractivity contribution in [3.05, 3.63) is 33.9 Å². The lowest BCUT2D eigenvalue weighted by Gasteiger charge is -2.12. The standard InChI is InChI=1S/C12H18N4O3/c1-9-4-5-10(8-11(9)16(18)19)13-6-7-14-12(17)15(2)3/h4-5,8,13H,6-7H2,1-3H3,(H,14,17). The first-order valence-electron chi connectivity index (χ1n) is 5.86. The molecular weight excluding hydrogens is 248 g/mol. The molecule has 0 aliphatic heterocycles. The van der Waals surface area contributed by atoms with Crippen molar-refractivity contribution in [3.8, 4) is 0 Å². The number of nitro groups is 1. The number of urea groups is 1. The number of amides is 2. The van der Waals surface area contributed by atoms with Gasteiger partial charge in [-0.25, -0.2) is 4.79 Å². The first-order chi connectivity index (χ1) is 8.91. The molecule has 0 heterocycles. The van der Waals surface area contributed by atoms with Gasteiger partial charge in [-0.3, -0.25) is 10.1 Å². The number of rotatable bonds is 5. The third kappa shape index (κ3) is 4.46. The minimum Gasteiger partial charge on any atom is -0.383 e. The molecule has 0 aromatic heterocycles. The molecule has 0 bridgehead atoms. The van der Waals surface area contributed by atoms with Crippen LogP contribution in [0.25, 0.3) is 0 Å². The highest BCUT2D eigenvalue weighted by Gasteiger charge is 2.10. The molecule has 2 amide bonds. The highest BCUT2D eigenvalue weighted by molar-refractivity contribution is 5.73. The molecule has 0 fully saturated rings. The fourth-order valence-corrected chi connectivity index (χ4v) is 1.45. The smallest absolute Gasteiger partial charge is 0.316 e. The Bertz CT molecular complexity index is 474. The van der Waals surface area contributed by atoms with Gasteiger partial charge < -0.3 is 15.5 Å². The summed E-state index contributed by atoms with van der Waals surface area (Å²) in [6.07, 6.45) is 0. The van der Waals surface area contributed by atoms with E-state index in [9.17, 15) is 14.9 Å². The average molecular weight is 266 g/mol. The largest absolute Gasteiger partial charge is 0.383 e. The van der Waals surface area contributed by atoms with Gasteiger partial charge in [-0.2, -0.15) is 0 Å². The van der Waals surface area contributed by atoms with Crippen molar-refractivity contribution in [1.29, 1.82) is 0 Å². The van der Waals surface area contributed by atoms with Crippen LogP contribution in [0.5, 0.6) is 0 Å². The van der Waals surface area contributed by atoms with Crippen molar-refractivity contribution < 1.29 is 9.72 Å². The van der Waals surface area contributed by atoms with E-state index >= 15 is 0 Å². The number of nitrogens with zero attached hydrogens (tertiary/aromatic N) is 2. The summed E-state index contributed by atoms with van der Waals surface area (Å²) in [7, 11) is 3.32. The van der Waals surface area contributed by atoms with Crippen molar-refractivity contribution in [2.45, 2.75) is 6.92 Å². The van der Waals surface area contributed by atoms with Crippen LogP contribution in [0.2, 0.25) is 0 Å². The molecule has 104 valence electrons. The molecule has 0 radical (unpaired) electrons. The summed E-state index contributed by atoms with van der Waals surface area (Å²) in [5, 5.41) is 16.5. The molecule has 0 saturated heterocycles. The molecule has 7 nitrogen and oxygen atoms in total. The Kier molecular flexibility index (Phi) is 5.11. The lowest BCUT2D eigenvalue weighted by molar-refractivity contribution is -0.385. The van der Waals surface area contributed by atoms with Gasteiger partial charge in [0.05, 0.1) is 4.92 Å². The second-order valence-corrected chi connectivity index (χ2v) is 4.31. The van der Waals surface area contributed by atoms with Gasteiger partial charge in [0.2, 0.25) is 0 Å². The van der Waals surface area contributed by atoms with E-state index in [2.05, 4.69) is 10.6 Å². The van der Waals surface area contributed by atoms with E-state index in [0.717, 1.165) is 0 Å². The molecule has 0 atom stereocenters. The van der Waals surface area contributed by atoms with Crippen LogP contribution in [0.15, 0.2) is 18.2 Å². The molecule has 0 aliphatic rings. The minimum atomic E-state index is -0.408. The van der Waals surface area contributed by atoms with Gasteiger partial charge in [-0.05, 0) is 13.0 Å². The lowest BCUT2D eigenvalue weighted by atomic mass is 10.2. The zero-order valence-corrected chi connectivity index (χ0v) is 11.3. The second-order valence-electron chi connectivity index (χ2n) is 4.31. The van der Waals surface area contributed by atoms with Crippen molar-refractivity contribution in [1.82, 2.24) is 10.2 Å². The summed E-state index contributed by atoms with van der Waals surface area (Å²) in [6.45, 7) is 2.64. The number of nitro benzene ring substituents is 1. The summed E-state index contributed by atoms with van der Waals surface area (Å²) in [5.74, 6) is 0.